The highest BCUT2D eigenvalue weighted by molar-refractivity contribution is 7.26. The molecule has 0 aliphatic rings. The summed E-state index contributed by atoms with van der Waals surface area (Å²) >= 11 is 1.91. The van der Waals surface area contributed by atoms with Crippen LogP contribution in [0.5, 0.6) is 0 Å². The molecule has 0 saturated carbocycles. The van der Waals surface area contributed by atoms with E-state index in [1.807, 2.05) is 11.3 Å². The fraction of sp³-hybridized carbons (Fsp3) is 0. The monoisotopic (exact) mass is 627 g/mol. The van der Waals surface area contributed by atoms with Crippen LogP contribution in [0.1, 0.15) is 0 Å². The number of rotatable bonds is 4. The molecular weight excluding hydrogens is 599 g/mol. The Morgan fingerprint density at radius 2 is 0.917 bits per heavy atom. The van der Waals surface area contributed by atoms with Crippen LogP contribution in [0.4, 0.5) is 0 Å². The second-order valence-corrected chi connectivity index (χ2v) is 13.6. The van der Waals surface area contributed by atoms with Crippen molar-refractivity contribution in [3.05, 3.63) is 176 Å². The lowest BCUT2D eigenvalue weighted by Gasteiger charge is -2.13. The summed E-state index contributed by atoms with van der Waals surface area (Å²) in [5.74, 6) is 0. The first-order valence-electron chi connectivity index (χ1n) is 16.4. The fourth-order valence-electron chi connectivity index (χ4n) is 7.44. The maximum Gasteiger partial charge on any atom is 0.0548 e. The number of fused-ring (bicyclic) bond motifs is 8. The largest absolute Gasteiger partial charge is 0.309 e. The van der Waals surface area contributed by atoms with Crippen LogP contribution in [0, 0.1) is 0 Å². The molecule has 2 aromatic heterocycles. The molecular formula is C46H29NS. The number of benzene rings is 8. The van der Waals surface area contributed by atoms with Gasteiger partial charge >= 0.3 is 0 Å². The minimum Gasteiger partial charge on any atom is -0.309 e. The molecule has 8 aromatic carbocycles. The Kier molecular flexibility index (Phi) is 6.12. The minimum atomic E-state index is 1.16. The van der Waals surface area contributed by atoms with E-state index < -0.39 is 0 Å². The average Bonchev–Trinajstić information content (AvgIpc) is 3.69. The molecule has 2 heterocycles. The van der Waals surface area contributed by atoms with E-state index in [1.165, 1.54) is 86.1 Å². The third-order valence-corrected chi connectivity index (χ3v) is 11.0. The number of para-hydroxylation sites is 1. The van der Waals surface area contributed by atoms with Crippen LogP contribution in [0.15, 0.2) is 176 Å². The zero-order valence-electron chi connectivity index (χ0n) is 26.1. The van der Waals surface area contributed by atoms with Gasteiger partial charge in [-0.15, -0.1) is 11.3 Å². The molecule has 0 saturated heterocycles. The predicted octanol–water partition coefficient (Wildman–Crippen LogP) is 13.3. The summed E-state index contributed by atoms with van der Waals surface area (Å²) in [7, 11) is 0. The van der Waals surface area contributed by atoms with E-state index in [0.717, 1.165) is 5.69 Å². The van der Waals surface area contributed by atoms with Gasteiger partial charge in [-0.05, 0) is 92.7 Å². The third-order valence-electron chi connectivity index (χ3n) is 9.76. The molecule has 0 amide bonds. The second kappa shape index (κ2) is 10.8. The number of aromatic nitrogens is 1. The van der Waals surface area contributed by atoms with Crippen molar-refractivity contribution in [2.45, 2.75) is 0 Å². The summed E-state index contributed by atoms with van der Waals surface area (Å²) in [5, 5.41) is 7.85. The van der Waals surface area contributed by atoms with Crippen LogP contribution in [-0.2, 0) is 0 Å². The molecule has 0 radical (unpaired) electrons. The molecule has 48 heavy (non-hydrogen) atoms. The number of hydrogen-bond donors (Lipinski definition) is 0. The summed E-state index contributed by atoms with van der Waals surface area (Å²) in [5.41, 5.74) is 10.9. The lowest BCUT2D eigenvalue weighted by atomic mass is 9.93. The molecule has 0 aliphatic heterocycles. The van der Waals surface area contributed by atoms with Gasteiger partial charge in [0.05, 0.1) is 11.0 Å². The summed E-state index contributed by atoms with van der Waals surface area (Å²) < 4.78 is 5.14. The Bertz CT molecular complexity index is 2750. The van der Waals surface area contributed by atoms with E-state index in [-0.39, 0.29) is 0 Å². The van der Waals surface area contributed by atoms with Crippen molar-refractivity contribution >= 4 is 64.1 Å². The molecule has 0 spiro atoms. The van der Waals surface area contributed by atoms with Gasteiger partial charge in [-0.2, -0.15) is 0 Å². The summed E-state index contributed by atoms with van der Waals surface area (Å²) in [4.78, 5) is 0. The molecule has 0 unspecified atom stereocenters. The van der Waals surface area contributed by atoms with Crippen molar-refractivity contribution in [2.75, 3.05) is 0 Å². The van der Waals surface area contributed by atoms with Gasteiger partial charge in [0.1, 0.15) is 0 Å². The molecule has 0 fully saturated rings. The van der Waals surface area contributed by atoms with Gasteiger partial charge in [0, 0.05) is 36.6 Å². The summed E-state index contributed by atoms with van der Waals surface area (Å²) in [6, 6.07) is 64.4. The Balaban J connectivity index is 1.15. The lowest BCUT2D eigenvalue weighted by Crippen LogP contribution is -1.94. The second-order valence-electron chi connectivity index (χ2n) is 12.6. The van der Waals surface area contributed by atoms with Crippen molar-refractivity contribution in [1.29, 1.82) is 0 Å². The van der Waals surface area contributed by atoms with Gasteiger partial charge in [-0.25, -0.2) is 0 Å². The van der Waals surface area contributed by atoms with Crippen LogP contribution < -0.4 is 0 Å². The quantitative estimate of drug-likeness (QED) is 0.183. The van der Waals surface area contributed by atoms with Crippen molar-refractivity contribution in [2.24, 2.45) is 0 Å². The van der Waals surface area contributed by atoms with Gasteiger partial charge in [-0.1, -0.05) is 127 Å². The zero-order chi connectivity index (χ0) is 31.6. The van der Waals surface area contributed by atoms with Crippen molar-refractivity contribution in [3.63, 3.8) is 0 Å². The zero-order valence-corrected chi connectivity index (χ0v) is 26.9. The standard InChI is InChI=1S/C46H29NS/c1-3-11-30(12-4-1)34-25-35(31-13-5-2-6-14-31)27-36(26-34)32-19-22-37(23-20-32)47-43-18-10-9-17-39(43)41-29-45-42(28-44(41)47)40-24-21-33-15-7-8-16-38(33)46(40)48-45/h1-29H. The topological polar surface area (TPSA) is 4.93 Å². The molecule has 0 bridgehead atoms. The van der Waals surface area contributed by atoms with E-state index in [2.05, 4.69) is 180 Å². The normalized spacial score (nSPS) is 11.8. The van der Waals surface area contributed by atoms with Crippen LogP contribution in [-0.4, -0.2) is 4.57 Å². The van der Waals surface area contributed by atoms with Crippen molar-refractivity contribution in [3.8, 4) is 39.1 Å². The van der Waals surface area contributed by atoms with Crippen LogP contribution in [0.25, 0.3) is 91.8 Å². The number of hydrogen-bond acceptors (Lipinski definition) is 1. The smallest absolute Gasteiger partial charge is 0.0548 e. The molecule has 2 heteroatoms. The van der Waals surface area contributed by atoms with Crippen molar-refractivity contribution < 1.29 is 0 Å². The molecule has 0 N–H and O–H groups in total. The highest BCUT2D eigenvalue weighted by atomic mass is 32.1. The van der Waals surface area contributed by atoms with Crippen molar-refractivity contribution in [1.82, 2.24) is 4.57 Å². The highest BCUT2D eigenvalue weighted by Gasteiger charge is 2.17. The molecule has 0 atom stereocenters. The minimum absolute atomic E-state index is 1.16. The first kappa shape index (κ1) is 27.2. The average molecular weight is 628 g/mol. The van der Waals surface area contributed by atoms with Gasteiger partial charge in [0.2, 0.25) is 0 Å². The van der Waals surface area contributed by atoms with Gasteiger partial charge < -0.3 is 4.57 Å². The van der Waals surface area contributed by atoms with E-state index in [9.17, 15) is 0 Å². The molecule has 0 aliphatic carbocycles. The first-order chi connectivity index (χ1) is 23.8. The van der Waals surface area contributed by atoms with Crippen LogP contribution in [0.2, 0.25) is 0 Å². The Morgan fingerprint density at radius 1 is 0.333 bits per heavy atom. The van der Waals surface area contributed by atoms with Crippen LogP contribution in [0.3, 0.4) is 0 Å². The number of thiophene rings is 1. The van der Waals surface area contributed by atoms with Crippen LogP contribution >= 0.6 is 11.3 Å². The van der Waals surface area contributed by atoms with E-state index >= 15 is 0 Å². The van der Waals surface area contributed by atoms with Gasteiger partial charge in [-0.3, -0.25) is 0 Å². The first-order valence-corrected chi connectivity index (χ1v) is 17.2. The Hall–Kier alpha value is -5.96. The molecule has 10 aromatic rings. The van der Waals surface area contributed by atoms with Gasteiger partial charge in [0.25, 0.3) is 0 Å². The molecule has 1 nitrogen and oxygen atoms in total. The van der Waals surface area contributed by atoms with E-state index in [0.29, 0.717) is 0 Å². The summed E-state index contributed by atoms with van der Waals surface area (Å²) in [6.07, 6.45) is 0. The van der Waals surface area contributed by atoms with E-state index in [1.54, 1.807) is 0 Å². The lowest BCUT2D eigenvalue weighted by molar-refractivity contribution is 1.18. The maximum absolute atomic E-state index is 2.44. The Morgan fingerprint density at radius 3 is 1.60 bits per heavy atom. The third kappa shape index (κ3) is 4.31. The number of nitrogens with zero attached hydrogens (tertiary/aromatic N) is 1. The highest BCUT2D eigenvalue weighted by Crippen LogP contribution is 2.43. The summed E-state index contributed by atoms with van der Waals surface area (Å²) in [6.45, 7) is 0. The van der Waals surface area contributed by atoms with Gasteiger partial charge in [0.15, 0.2) is 0 Å². The fourth-order valence-corrected chi connectivity index (χ4v) is 8.69. The molecule has 10 rings (SSSR count). The SMILES string of the molecule is c1ccc(-c2cc(-c3ccccc3)cc(-c3ccc(-n4c5ccccc5c5cc6sc7c8ccccc8ccc7c6cc54)cc3)c2)cc1. The predicted molar refractivity (Wildman–Crippen MR) is 207 cm³/mol. The maximum atomic E-state index is 2.44. The molecule has 224 valence electrons. The van der Waals surface area contributed by atoms with E-state index in [4.69, 9.17) is 0 Å². The Labute approximate surface area is 282 Å².